The van der Waals surface area contributed by atoms with Crippen molar-refractivity contribution in [3.63, 3.8) is 0 Å². The number of ether oxygens (including phenoxy) is 1. The van der Waals surface area contributed by atoms with Crippen LogP contribution in [0.2, 0.25) is 0 Å². The second kappa shape index (κ2) is 5.38. The smallest absolute Gasteiger partial charge is 0.181 e. The largest absolute Gasteiger partial charge is 0.476 e. The summed E-state index contributed by atoms with van der Waals surface area (Å²) in [6.45, 7) is 3.69. The molecular formula is C12H16N2O. The first-order chi connectivity index (χ1) is 7.11. The molecule has 0 bridgehead atoms. The van der Waals surface area contributed by atoms with Gasteiger partial charge in [0.25, 0.3) is 0 Å². The number of nitrogens with zero attached hydrogens (tertiary/aromatic N) is 1. The van der Waals surface area contributed by atoms with Crippen molar-refractivity contribution in [1.82, 2.24) is 0 Å². The molecule has 0 spiro atoms. The summed E-state index contributed by atoms with van der Waals surface area (Å²) in [5.41, 5.74) is 6.87. The third-order valence-corrected chi connectivity index (χ3v) is 1.98. The minimum atomic E-state index is -0.413. The van der Waals surface area contributed by atoms with E-state index in [1.54, 1.807) is 6.92 Å². The van der Waals surface area contributed by atoms with Gasteiger partial charge in [0.2, 0.25) is 0 Å². The SMILES string of the molecule is CC(N)Cc1ccc(OC(C)C#N)cc1. The molecule has 0 fully saturated rings. The van der Waals surface area contributed by atoms with E-state index in [1.807, 2.05) is 37.3 Å². The quantitative estimate of drug-likeness (QED) is 0.814. The molecule has 0 aromatic heterocycles. The van der Waals surface area contributed by atoms with Crippen molar-refractivity contribution in [2.75, 3.05) is 0 Å². The molecule has 2 unspecified atom stereocenters. The van der Waals surface area contributed by atoms with Gasteiger partial charge in [0.15, 0.2) is 6.10 Å². The van der Waals surface area contributed by atoms with Gasteiger partial charge in [-0.05, 0) is 38.0 Å². The molecule has 0 saturated heterocycles. The van der Waals surface area contributed by atoms with E-state index in [2.05, 4.69) is 0 Å². The Hall–Kier alpha value is -1.53. The summed E-state index contributed by atoms with van der Waals surface area (Å²) in [6.07, 6.45) is 0.443. The molecule has 0 amide bonds. The predicted octanol–water partition coefficient (Wildman–Crippen LogP) is 1.87. The first-order valence-corrected chi connectivity index (χ1v) is 5.02. The van der Waals surface area contributed by atoms with Crippen molar-refractivity contribution in [3.05, 3.63) is 29.8 Å². The lowest BCUT2D eigenvalue weighted by molar-refractivity contribution is 0.276. The van der Waals surface area contributed by atoms with Gasteiger partial charge in [-0.3, -0.25) is 0 Å². The van der Waals surface area contributed by atoms with Gasteiger partial charge in [-0.25, -0.2) is 0 Å². The summed E-state index contributed by atoms with van der Waals surface area (Å²) < 4.78 is 5.33. The van der Waals surface area contributed by atoms with E-state index < -0.39 is 6.10 Å². The minimum Gasteiger partial charge on any atom is -0.476 e. The van der Waals surface area contributed by atoms with Crippen LogP contribution in [-0.4, -0.2) is 12.1 Å². The van der Waals surface area contributed by atoms with E-state index in [4.69, 9.17) is 15.7 Å². The Balaban J connectivity index is 2.61. The Morgan fingerprint density at radius 2 is 1.93 bits per heavy atom. The van der Waals surface area contributed by atoms with Crippen LogP contribution in [0.15, 0.2) is 24.3 Å². The van der Waals surface area contributed by atoms with Crippen LogP contribution < -0.4 is 10.5 Å². The molecule has 80 valence electrons. The van der Waals surface area contributed by atoms with Crippen molar-refractivity contribution in [3.8, 4) is 11.8 Å². The van der Waals surface area contributed by atoms with Crippen molar-refractivity contribution in [1.29, 1.82) is 5.26 Å². The maximum absolute atomic E-state index is 8.58. The normalized spacial score (nSPS) is 14.0. The summed E-state index contributed by atoms with van der Waals surface area (Å²) in [4.78, 5) is 0. The molecule has 2 atom stereocenters. The second-order valence-electron chi connectivity index (χ2n) is 3.71. The average molecular weight is 204 g/mol. The fraction of sp³-hybridized carbons (Fsp3) is 0.417. The number of rotatable bonds is 4. The third-order valence-electron chi connectivity index (χ3n) is 1.98. The molecule has 0 saturated carbocycles. The zero-order valence-electron chi connectivity index (χ0n) is 9.10. The van der Waals surface area contributed by atoms with Gasteiger partial charge in [-0.1, -0.05) is 12.1 Å². The van der Waals surface area contributed by atoms with E-state index in [-0.39, 0.29) is 6.04 Å². The molecule has 3 heteroatoms. The average Bonchev–Trinajstić information content (AvgIpc) is 2.20. The highest BCUT2D eigenvalue weighted by molar-refractivity contribution is 5.28. The van der Waals surface area contributed by atoms with Crippen LogP contribution >= 0.6 is 0 Å². The van der Waals surface area contributed by atoms with Crippen molar-refractivity contribution in [2.24, 2.45) is 5.73 Å². The van der Waals surface area contributed by atoms with Crippen LogP contribution in [0.5, 0.6) is 5.75 Å². The number of benzene rings is 1. The predicted molar refractivity (Wildman–Crippen MR) is 59.5 cm³/mol. The fourth-order valence-corrected chi connectivity index (χ4v) is 1.31. The first kappa shape index (κ1) is 11.5. The standard InChI is InChI=1S/C12H16N2O/c1-9(14)7-11-3-5-12(6-4-11)15-10(2)8-13/h3-6,9-10H,7,14H2,1-2H3. The zero-order valence-corrected chi connectivity index (χ0v) is 9.10. The molecule has 0 aliphatic carbocycles. The summed E-state index contributed by atoms with van der Waals surface area (Å²) in [5, 5.41) is 8.58. The van der Waals surface area contributed by atoms with Gasteiger partial charge in [0.1, 0.15) is 11.8 Å². The molecule has 1 aromatic rings. The van der Waals surface area contributed by atoms with Gasteiger partial charge in [-0.15, -0.1) is 0 Å². The first-order valence-electron chi connectivity index (χ1n) is 5.02. The Morgan fingerprint density at radius 1 is 1.33 bits per heavy atom. The summed E-state index contributed by atoms with van der Waals surface area (Å²) in [7, 11) is 0. The highest BCUT2D eigenvalue weighted by atomic mass is 16.5. The molecule has 0 radical (unpaired) electrons. The number of nitrogens with two attached hydrogens (primary N) is 1. The second-order valence-corrected chi connectivity index (χ2v) is 3.71. The fourth-order valence-electron chi connectivity index (χ4n) is 1.31. The maximum Gasteiger partial charge on any atom is 0.181 e. The van der Waals surface area contributed by atoms with E-state index in [0.29, 0.717) is 0 Å². The topological polar surface area (TPSA) is 59.0 Å². The Labute approximate surface area is 90.5 Å². The van der Waals surface area contributed by atoms with E-state index in [0.717, 1.165) is 12.2 Å². The third kappa shape index (κ3) is 4.01. The van der Waals surface area contributed by atoms with Crippen LogP contribution in [0.1, 0.15) is 19.4 Å². The Bertz CT molecular complexity index is 338. The van der Waals surface area contributed by atoms with Gasteiger partial charge >= 0.3 is 0 Å². The number of nitriles is 1. The van der Waals surface area contributed by atoms with Crippen molar-refractivity contribution in [2.45, 2.75) is 32.4 Å². The maximum atomic E-state index is 8.58. The number of hydrogen-bond donors (Lipinski definition) is 1. The molecule has 0 aliphatic rings. The molecular weight excluding hydrogens is 188 g/mol. The zero-order chi connectivity index (χ0) is 11.3. The van der Waals surface area contributed by atoms with Crippen molar-refractivity contribution < 1.29 is 4.74 Å². The molecule has 1 aromatic carbocycles. The minimum absolute atomic E-state index is 0.162. The van der Waals surface area contributed by atoms with Crippen LogP contribution in [0.4, 0.5) is 0 Å². The molecule has 15 heavy (non-hydrogen) atoms. The molecule has 3 nitrogen and oxygen atoms in total. The van der Waals surface area contributed by atoms with Crippen LogP contribution in [0.3, 0.4) is 0 Å². The lowest BCUT2D eigenvalue weighted by Gasteiger charge is -2.09. The van der Waals surface area contributed by atoms with Gasteiger partial charge in [-0.2, -0.15) is 5.26 Å². The van der Waals surface area contributed by atoms with Crippen molar-refractivity contribution >= 4 is 0 Å². The Morgan fingerprint density at radius 3 is 2.40 bits per heavy atom. The van der Waals surface area contributed by atoms with Gasteiger partial charge in [0, 0.05) is 6.04 Å². The highest BCUT2D eigenvalue weighted by Gasteiger charge is 2.02. The van der Waals surface area contributed by atoms with E-state index in [9.17, 15) is 0 Å². The van der Waals surface area contributed by atoms with Crippen LogP contribution in [0.25, 0.3) is 0 Å². The molecule has 0 heterocycles. The molecule has 2 N–H and O–H groups in total. The summed E-state index contributed by atoms with van der Waals surface area (Å²) in [5.74, 6) is 0.720. The highest BCUT2D eigenvalue weighted by Crippen LogP contribution is 2.14. The van der Waals surface area contributed by atoms with Crippen LogP contribution in [0, 0.1) is 11.3 Å². The summed E-state index contributed by atoms with van der Waals surface area (Å²) >= 11 is 0. The van der Waals surface area contributed by atoms with Crippen LogP contribution in [-0.2, 0) is 6.42 Å². The lowest BCUT2D eigenvalue weighted by atomic mass is 10.1. The number of hydrogen-bond acceptors (Lipinski definition) is 3. The molecule has 1 rings (SSSR count). The monoisotopic (exact) mass is 204 g/mol. The summed E-state index contributed by atoms with van der Waals surface area (Å²) in [6, 6.07) is 9.86. The van der Waals surface area contributed by atoms with E-state index >= 15 is 0 Å². The lowest BCUT2D eigenvalue weighted by Crippen LogP contribution is -2.17. The van der Waals surface area contributed by atoms with Gasteiger partial charge < -0.3 is 10.5 Å². The molecule has 0 aliphatic heterocycles. The van der Waals surface area contributed by atoms with Gasteiger partial charge in [0.05, 0.1) is 0 Å². The Kier molecular flexibility index (Phi) is 4.14. The van der Waals surface area contributed by atoms with E-state index in [1.165, 1.54) is 5.56 Å².